The van der Waals surface area contributed by atoms with Gasteiger partial charge >= 0.3 is 134 Å². The number of hydrogen-bond acceptors (Lipinski definition) is 0. The van der Waals surface area contributed by atoms with Crippen LogP contribution in [0, 0.1) is 0 Å². The van der Waals surface area contributed by atoms with E-state index < -0.39 is 19.8 Å². The standard InChI is InChI=1S/C18H13.2CH3.Sn.Zr/c1-2-7-13(6-1)15-10-5-11-17-16-9-4-3-8-14(16)12-18(15)17;;;;/h1-6,8-12H,7H2;2*1H3;;. The molecule has 2 aliphatic carbocycles. The van der Waals surface area contributed by atoms with E-state index in [1.807, 2.05) is 0 Å². The fourth-order valence-corrected chi connectivity index (χ4v) is 8.82. The van der Waals surface area contributed by atoms with E-state index in [2.05, 4.69) is 70.6 Å². The van der Waals surface area contributed by atoms with Gasteiger partial charge in [-0.1, -0.05) is 0 Å². The van der Waals surface area contributed by atoms with Crippen molar-refractivity contribution in [2.75, 3.05) is 0 Å². The van der Waals surface area contributed by atoms with Crippen molar-refractivity contribution in [3.05, 3.63) is 77.4 Å². The Bertz CT molecular complexity index is 771. The Kier molecular flexibility index (Phi) is 4.95. The minimum atomic E-state index is -1.41. The summed E-state index contributed by atoms with van der Waals surface area (Å²) in [5.74, 6) is 0. The third-order valence-electron chi connectivity index (χ3n) is 4.65. The monoisotopic (exact) mass is 469 g/mol. The Labute approximate surface area is 159 Å². The number of fused-ring (bicyclic) bond motifs is 3. The second kappa shape index (κ2) is 6.61. The van der Waals surface area contributed by atoms with Crippen molar-refractivity contribution in [1.82, 2.24) is 0 Å². The van der Waals surface area contributed by atoms with E-state index in [0.717, 1.165) is 10.4 Å². The molecule has 0 fully saturated rings. The largest absolute Gasteiger partial charge is 0 e. The zero-order valence-electron chi connectivity index (χ0n) is 13.1. The molecule has 0 nitrogen and oxygen atoms in total. The molecule has 0 aliphatic heterocycles. The molecule has 2 heteroatoms. The Balaban J connectivity index is 0.00000144. The summed E-state index contributed by atoms with van der Waals surface area (Å²) in [4.78, 5) is 5.08. The van der Waals surface area contributed by atoms with Gasteiger partial charge in [-0.2, -0.15) is 0 Å². The maximum Gasteiger partial charge on any atom is 0 e. The van der Waals surface area contributed by atoms with Gasteiger partial charge in [0.25, 0.3) is 0 Å². The van der Waals surface area contributed by atoms with Crippen molar-refractivity contribution in [3.8, 4) is 11.1 Å². The minimum absolute atomic E-state index is 0. The number of rotatable bonds is 2. The number of hydrogen-bond donors (Lipinski definition) is 0. The first-order valence-electron chi connectivity index (χ1n) is 7.65. The molecular formula is C20H19SnZr. The van der Waals surface area contributed by atoms with Gasteiger partial charge in [0.2, 0.25) is 0 Å². The quantitative estimate of drug-likeness (QED) is 0.515. The Hall–Kier alpha value is -0.398. The third-order valence-corrected chi connectivity index (χ3v) is 9.66. The van der Waals surface area contributed by atoms with Crippen LogP contribution in [0.15, 0.2) is 60.7 Å². The number of allylic oxidation sites excluding steroid dienone is 4. The van der Waals surface area contributed by atoms with Crippen LogP contribution in [0.5, 0.6) is 0 Å². The Morgan fingerprint density at radius 1 is 0.909 bits per heavy atom. The van der Waals surface area contributed by atoms with Crippen LogP contribution in [-0.4, -0.2) is 19.8 Å². The SMILES string of the molecule is [CH3][Sn]([CH3])[CH]1c2ccccc2-c2cccc(C3=CC=CC3)c21.[Zr]. The Morgan fingerprint density at radius 3 is 2.36 bits per heavy atom. The van der Waals surface area contributed by atoms with Gasteiger partial charge in [0.05, 0.1) is 0 Å². The van der Waals surface area contributed by atoms with Gasteiger partial charge in [-0.15, -0.1) is 0 Å². The predicted molar refractivity (Wildman–Crippen MR) is 92.9 cm³/mol. The molecule has 22 heavy (non-hydrogen) atoms. The molecule has 4 rings (SSSR count). The molecular weight excluding hydrogens is 450 g/mol. The van der Waals surface area contributed by atoms with Crippen LogP contribution in [0.2, 0.25) is 9.88 Å². The molecule has 0 aromatic heterocycles. The molecule has 0 saturated carbocycles. The topological polar surface area (TPSA) is 0 Å². The van der Waals surface area contributed by atoms with E-state index >= 15 is 0 Å². The molecule has 0 saturated heterocycles. The molecule has 2 aliphatic rings. The van der Waals surface area contributed by atoms with E-state index in [4.69, 9.17) is 0 Å². The van der Waals surface area contributed by atoms with Gasteiger partial charge in [-0.05, 0) is 0 Å². The fraction of sp³-hybridized carbons (Fsp3) is 0.200. The van der Waals surface area contributed by atoms with Crippen LogP contribution in [0.25, 0.3) is 16.7 Å². The fourth-order valence-electron chi connectivity index (χ4n) is 3.79. The van der Waals surface area contributed by atoms with Crippen molar-refractivity contribution in [2.24, 2.45) is 0 Å². The molecule has 0 heterocycles. The second-order valence-electron chi connectivity index (χ2n) is 6.19. The molecule has 2 aromatic rings. The summed E-state index contributed by atoms with van der Waals surface area (Å²) in [7, 11) is 0. The van der Waals surface area contributed by atoms with Crippen LogP contribution in [0.1, 0.15) is 27.0 Å². The van der Waals surface area contributed by atoms with Gasteiger partial charge in [-0.3, -0.25) is 0 Å². The molecule has 107 valence electrons. The van der Waals surface area contributed by atoms with Gasteiger partial charge < -0.3 is 0 Å². The third kappa shape index (κ3) is 2.55. The van der Waals surface area contributed by atoms with E-state index in [1.165, 1.54) is 22.3 Å². The average molecular weight is 469 g/mol. The Morgan fingerprint density at radius 2 is 1.64 bits per heavy atom. The van der Waals surface area contributed by atoms with E-state index in [1.54, 1.807) is 11.1 Å². The molecule has 1 atom stereocenters. The maximum absolute atomic E-state index is 2.54. The minimum Gasteiger partial charge on any atom is 0 e. The maximum atomic E-state index is 2.54. The molecule has 2 aromatic carbocycles. The van der Waals surface area contributed by atoms with Crippen LogP contribution >= 0.6 is 0 Å². The first kappa shape index (κ1) is 16.5. The predicted octanol–water partition coefficient (Wildman–Crippen LogP) is 5.43. The molecule has 0 N–H and O–H groups in total. The van der Waals surface area contributed by atoms with Crippen molar-refractivity contribution in [3.63, 3.8) is 0 Å². The summed E-state index contributed by atoms with van der Waals surface area (Å²) in [6.07, 6.45) is 7.85. The van der Waals surface area contributed by atoms with Crippen LogP contribution in [-0.2, 0) is 26.2 Å². The zero-order chi connectivity index (χ0) is 14.4. The van der Waals surface area contributed by atoms with Crippen molar-refractivity contribution in [1.29, 1.82) is 0 Å². The second-order valence-corrected chi connectivity index (χ2v) is 14.0. The smallest absolute Gasteiger partial charge is 0 e. The van der Waals surface area contributed by atoms with Gasteiger partial charge in [0.15, 0.2) is 0 Å². The molecule has 1 unspecified atom stereocenters. The first-order chi connectivity index (χ1) is 10.3. The molecule has 1 radical (unpaired) electrons. The van der Waals surface area contributed by atoms with E-state index in [9.17, 15) is 0 Å². The van der Waals surface area contributed by atoms with Crippen LogP contribution < -0.4 is 0 Å². The number of benzene rings is 2. The average Bonchev–Trinajstić information content (AvgIpc) is 3.12. The van der Waals surface area contributed by atoms with Crippen molar-refractivity contribution in [2.45, 2.75) is 20.2 Å². The van der Waals surface area contributed by atoms with Gasteiger partial charge in [0, 0.05) is 26.2 Å². The summed E-state index contributed by atoms with van der Waals surface area (Å²) in [6.45, 7) is 0. The van der Waals surface area contributed by atoms with Crippen molar-refractivity contribution >= 4 is 25.3 Å². The summed E-state index contributed by atoms with van der Waals surface area (Å²) in [5.41, 5.74) is 9.18. The first-order valence-corrected chi connectivity index (χ1v) is 15.0. The van der Waals surface area contributed by atoms with E-state index in [0.29, 0.717) is 0 Å². The van der Waals surface area contributed by atoms with Crippen LogP contribution in [0.3, 0.4) is 0 Å². The summed E-state index contributed by atoms with van der Waals surface area (Å²) in [6, 6.07) is 16.0. The molecule has 0 spiro atoms. The summed E-state index contributed by atoms with van der Waals surface area (Å²) >= 11 is -1.41. The normalized spacial score (nSPS) is 18.0. The zero-order valence-corrected chi connectivity index (χ0v) is 18.4. The summed E-state index contributed by atoms with van der Waals surface area (Å²) in [5, 5.41) is 0. The molecule has 0 amide bonds. The van der Waals surface area contributed by atoms with Crippen molar-refractivity contribution < 1.29 is 26.2 Å². The summed E-state index contributed by atoms with van der Waals surface area (Å²) < 4.78 is 0.719. The van der Waals surface area contributed by atoms with Gasteiger partial charge in [-0.25, -0.2) is 0 Å². The van der Waals surface area contributed by atoms with Crippen LogP contribution in [0.4, 0.5) is 0 Å². The van der Waals surface area contributed by atoms with Gasteiger partial charge in [0.1, 0.15) is 0 Å². The van der Waals surface area contributed by atoms with E-state index in [-0.39, 0.29) is 26.2 Å². The molecule has 0 bridgehead atoms.